The Morgan fingerprint density at radius 3 is 2.29 bits per heavy atom. The van der Waals surface area contributed by atoms with Crippen LogP contribution in [-0.2, 0) is 6.54 Å². The Bertz CT molecular complexity index is 989. The van der Waals surface area contributed by atoms with Crippen molar-refractivity contribution in [2.45, 2.75) is 11.4 Å². The number of hydrogen-bond donors (Lipinski definition) is 2. The minimum atomic E-state index is -9.73. The number of carbonyl (C=O) groups excluding carboxylic acids is 1. The molecule has 1 aromatic heterocycles. The second-order valence-corrected chi connectivity index (χ2v) is 8.31. The van der Waals surface area contributed by atoms with Gasteiger partial charge in [-0.15, -0.1) is 0 Å². The van der Waals surface area contributed by atoms with Crippen molar-refractivity contribution in [2.75, 3.05) is 5.32 Å². The number of nitrogens with one attached hydrogen (secondary N) is 2. The van der Waals surface area contributed by atoms with E-state index in [1.165, 1.54) is 0 Å². The maximum absolute atomic E-state index is 12.7. The second-order valence-electron chi connectivity index (χ2n) is 5.90. The Morgan fingerprint density at radius 2 is 1.68 bits per heavy atom. The van der Waals surface area contributed by atoms with Crippen molar-refractivity contribution in [1.82, 2.24) is 14.9 Å². The normalized spacial score (nSPS) is 14.0. The molecular formula is C17H15F5N4OS. The van der Waals surface area contributed by atoms with Gasteiger partial charge < -0.3 is 15.2 Å². The zero-order chi connectivity index (χ0) is 20.5. The minimum absolute atomic E-state index is 0.0500. The summed E-state index contributed by atoms with van der Waals surface area (Å²) in [7, 11) is -9.73. The third-order valence-electron chi connectivity index (χ3n) is 3.77. The molecule has 2 amide bonds. The van der Waals surface area contributed by atoms with Gasteiger partial charge in [0.2, 0.25) is 0 Å². The fourth-order valence-electron chi connectivity index (χ4n) is 2.46. The fraction of sp³-hybridized carbons (Fsp3) is 0.0588. The van der Waals surface area contributed by atoms with Crippen LogP contribution in [0, 0.1) is 0 Å². The van der Waals surface area contributed by atoms with Gasteiger partial charge in [0.05, 0.1) is 12.0 Å². The van der Waals surface area contributed by atoms with Crippen LogP contribution < -0.4 is 10.6 Å². The van der Waals surface area contributed by atoms with Crippen molar-refractivity contribution < 1.29 is 24.2 Å². The number of hydrogen-bond acceptors (Lipinski definition) is 2. The molecule has 3 aromatic rings. The SMILES string of the molecule is O=C(NCc1ccccc1-n1ccnc1)Nc1ccc(S(F)(F)(F)(F)F)cc1. The maximum atomic E-state index is 12.7. The Morgan fingerprint density at radius 1 is 1.00 bits per heavy atom. The Hall–Kier alpha value is -3.08. The number of anilines is 1. The summed E-state index contributed by atoms with van der Waals surface area (Å²) in [5.74, 6) is 0. The number of amides is 2. The lowest BCUT2D eigenvalue weighted by molar-refractivity contribution is 0.251. The van der Waals surface area contributed by atoms with E-state index in [4.69, 9.17) is 0 Å². The van der Waals surface area contributed by atoms with Crippen LogP contribution in [0.3, 0.4) is 0 Å². The molecule has 150 valence electrons. The molecular weight excluding hydrogens is 403 g/mol. The van der Waals surface area contributed by atoms with Crippen LogP contribution in [0.2, 0.25) is 0 Å². The van der Waals surface area contributed by atoms with E-state index in [2.05, 4.69) is 15.6 Å². The van der Waals surface area contributed by atoms with E-state index in [-0.39, 0.29) is 24.4 Å². The summed E-state index contributed by atoms with van der Waals surface area (Å²) in [6.07, 6.45) is 4.94. The molecule has 0 radical (unpaired) electrons. The van der Waals surface area contributed by atoms with E-state index < -0.39 is 21.2 Å². The van der Waals surface area contributed by atoms with Crippen molar-refractivity contribution in [3.8, 4) is 5.69 Å². The smallest absolute Gasteiger partial charge is 0.319 e. The lowest BCUT2D eigenvalue weighted by atomic mass is 10.1. The van der Waals surface area contributed by atoms with Gasteiger partial charge in [-0.05, 0) is 35.9 Å². The van der Waals surface area contributed by atoms with Gasteiger partial charge >= 0.3 is 16.3 Å². The van der Waals surface area contributed by atoms with Crippen LogP contribution in [0.25, 0.3) is 5.69 Å². The third-order valence-corrected chi connectivity index (χ3v) is 4.93. The monoisotopic (exact) mass is 418 g/mol. The molecule has 28 heavy (non-hydrogen) atoms. The first-order valence-electron chi connectivity index (χ1n) is 7.88. The van der Waals surface area contributed by atoms with Crippen LogP contribution in [0.1, 0.15) is 5.56 Å². The van der Waals surface area contributed by atoms with E-state index >= 15 is 0 Å². The molecule has 0 spiro atoms. The van der Waals surface area contributed by atoms with Gasteiger partial charge in [0.25, 0.3) is 0 Å². The topological polar surface area (TPSA) is 59.0 Å². The highest BCUT2D eigenvalue weighted by molar-refractivity contribution is 8.45. The average molecular weight is 418 g/mol. The van der Waals surface area contributed by atoms with E-state index in [1.807, 2.05) is 12.1 Å². The highest BCUT2D eigenvalue weighted by Crippen LogP contribution is 3.02. The molecule has 0 fully saturated rings. The highest BCUT2D eigenvalue weighted by Gasteiger charge is 2.65. The van der Waals surface area contributed by atoms with Crippen molar-refractivity contribution in [1.29, 1.82) is 0 Å². The summed E-state index contributed by atoms with van der Waals surface area (Å²) in [5, 5.41) is 4.86. The number of nitrogens with zero attached hydrogens (tertiary/aromatic N) is 2. The summed E-state index contributed by atoms with van der Waals surface area (Å²) in [6.45, 7) is 0.129. The number of urea groups is 1. The zero-order valence-corrected chi connectivity index (χ0v) is 15.0. The quantitative estimate of drug-likeness (QED) is 0.511. The zero-order valence-electron chi connectivity index (χ0n) is 14.2. The van der Waals surface area contributed by atoms with Crippen molar-refractivity contribution in [3.05, 3.63) is 72.8 Å². The molecule has 3 rings (SSSR count). The number of halogens is 5. The molecule has 0 saturated carbocycles. The van der Waals surface area contributed by atoms with Gasteiger partial charge in [-0.1, -0.05) is 37.6 Å². The lowest BCUT2D eigenvalue weighted by Crippen LogP contribution is -2.28. The van der Waals surface area contributed by atoms with Crippen LogP contribution >= 0.6 is 10.2 Å². The first-order chi connectivity index (χ1) is 12.9. The number of rotatable bonds is 5. The molecule has 0 saturated heterocycles. The molecule has 2 aromatic carbocycles. The summed E-state index contributed by atoms with van der Waals surface area (Å²) < 4.78 is 65.3. The van der Waals surface area contributed by atoms with E-state index in [9.17, 15) is 24.2 Å². The number of carbonyl (C=O) groups is 1. The average Bonchev–Trinajstić information content (AvgIpc) is 3.13. The van der Waals surface area contributed by atoms with Gasteiger partial charge in [0, 0.05) is 24.6 Å². The van der Waals surface area contributed by atoms with Gasteiger partial charge in [0.1, 0.15) is 4.90 Å². The van der Waals surface area contributed by atoms with Crippen LogP contribution in [-0.4, -0.2) is 15.6 Å². The first-order valence-corrected chi connectivity index (χ1v) is 9.83. The molecule has 0 aliphatic carbocycles. The van der Waals surface area contributed by atoms with Crippen LogP contribution in [0.4, 0.5) is 29.9 Å². The van der Waals surface area contributed by atoms with Crippen molar-refractivity contribution in [2.24, 2.45) is 0 Å². The van der Waals surface area contributed by atoms with Gasteiger partial charge in [-0.3, -0.25) is 0 Å². The lowest BCUT2D eigenvalue weighted by Gasteiger charge is -2.40. The summed E-state index contributed by atoms with van der Waals surface area (Å²) in [5.41, 5.74) is 1.51. The first kappa shape index (κ1) is 19.7. The van der Waals surface area contributed by atoms with E-state index in [1.54, 1.807) is 35.4 Å². The number of benzene rings is 2. The number of imidazole rings is 1. The molecule has 0 unspecified atom stereocenters. The van der Waals surface area contributed by atoms with Crippen molar-refractivity contribution >= 4 is 21.9 Å². The standard InChI is InChI=1S/C17H15F5N4OS/c18-28(19,20,21,22)15-7-5-14(6-8-15)25-17(27)24-11-13-3-1-2-4-16(13)26-10-9-23-12-26/h1-10,12H,11H2,(H2,24,25,27). The summed E-state index contributed by atoms with van der Waals surface area (Å²) >= 11 is 0. The molecule has 1 heterocycles. The molecule has 0 atom stereocenters. The Balaban J connectivity index is 1.65. The second kappa shape index (κ2) is 6.23. The highest BCUT2D eigenvalue weighted by atomic mass is 32.5. The molecule has 5 nitrogen and oxygen atoms in total. The fourth-order valence-corrected chi connectivity index (χ4v) is 3.11. The van der Waals surface area contributed by atoms with Crippen LogP contribution in [0.5, 0.6) is 0 Å². The molecule has 0 aliphatic heterocycles. The van der Waals surface area contributed by atoms with Gasteiger partial charge in [-0.2, -0.15) is 0 Å². The molecule has 0 aliphatic rings. The van der Waals surface area contributed by atoms with E-state index in [0.29, 0.717) is 0 Å². The number of para-hydroxylation sites is 1. The third kappa shape index (κ3) is 4.80. The van der Waals surface area contributed by atoms with Crippen LogP contribution in [0.15, 0.2) is 72.1 Å². The van der Waals surface area contributed by atoms with Gasteiger partial charge in [0.15, 0.2) is 0 Å². The minimum Gasteiger partial charge on any atom is -0.334 e. The molecule has 2 N–H and O–H groups in total. The van der Waals surface area contributed by atoms with Gasteiger partial charge in [-0.25, -0.2) is 9.78 Å². The molecule has 0 bridgehead atoms. The largest absolute Gasteiger partial charge is 0.334 e. The van der Waals surface area contributed by atoms with E-state index in [0.717, 1.165) is 23.4 Å². The summed E-state index contributed by atoms with van der Waals surface area (Å²) in [6, 6.07) is 8.55. The predicted molar refractivity (Wildman–Crippen MR) is 97.3 cm³/mol. The molecule has 11 heteroatoms. The summed E-state index contributed by atoms with van der Waals surface area (Å²) in [4.78, 5) is 13.9. The Kier molecular flexibility index (Phi) is 4.38. The number of aromatic nitrogens is 2. The van der Waals surface area contributed by atoms with Crippen molar-refractivity contribution in [3.63, 3.8) is 0 Å². The maximum Gasteiger partial charge on any atom is 0.319 e. The predicted octanol–water partition coefficient (Wildman–Crippen LogP) is 5.85. The Labute approximate surface area is 156 Å².